The molecule has 1 N–H and O–H groups in total. The van der Waals surface area contributed by atoms with Gasteiger partial charge in [0, 0.05) is 11.5 Å². The molecule has 114 valence electrons. The van der Waals surface area contributed by atoms with Gasteiger partial charge in [0.1, 0.15) is 6.10 Å². The average Bonchev–Trinajstić information content (AvgIpc) is 2.73. The SMILES string of the molecule is CC1(C)[C@H]2CC[C@@]1(C)[C@H](OC(=O)NC1CCCCC1)C2. The summed E-state index contributed by atoms with van der Waals surface area (Å²) in [4.78, 5) is 12.2. The Labute approximate surface area is 122 Å². The van der Waals surface area contributed by atoms with Crippen LogP contribution in [0.2, 0.25) is 0 Å². The molecular weight excluding hydrogens is 250 g/mol. The fourth-order valence-corrected chi connectivity index (χ4v) is 4.89. The van der Waals surface area contributed by atoms with Crippen LogP contribution >= 0.6 is 0 Å². The maximum absolute atomic E-state index is 12.2. The molecule has 3 rings (SSSR count). The molecule has 3 atom stereocenters. The van der Waals surface area contributed by atoms with Gasteiger partial charge in [0.15, 0.2) is 0 Å². The number of fused-ring (bicyclic) bond motifs is 2. The second-order valence-corrected chi connectivity index (χ2v) is 7.98. The predicted molar refractivity (Wildman–Crippen MR) is 79.5 cm³/mol. The Balaban J connectivity index is 1.57. The van der Waals surface area contributed by atoms with Crippen molar-refractivity contribution < 1.29 is 9.53 Å². The number of carbonyl (C=O) groups excluding carboxylic acids is 1. The average molecular weight is 279 g/mol. The second kappa shape index (κ2) is 4.92. The summed E-state index contributed by atoms with van der Waals surface area (Å²) in [7, 11) is 0. The van der Waals surface area contributed by atoms with Gasteiger partial charge in [0.05, 0.1) is 0 Å². The molecule has 0 spiro atoms. The van der Waals surface area contributed by atoms with Gasteiger partial charge in [-0.1, -0.05) is 40.0 Å². The van der Waals surface area contributed by atoms with Gasteiger partial charge in [0.25, 0.3) is 0 Å². The zero-order valence-electron chi connectivity index (χ0n) is 13.2. The quantitative estimate of drug-likeness (QED) is 0.820. The molecule has 3 aliphatic rings. The molecule has 3 nitrogen and oxygen atoms in total. The first-order valence-corrected chi connectivity index (χ1v) is 8.40. The number of ether oxygens (including phenoxy) is 1. The number of nitrogens with one attached hydrogen (secondary N) is 1. The molecule has 0 aromatic heterocycles. The second-order valence-electron chi connectivity index (χ2n) is 7.98. The molecule has 0 radical (unpaired) electrons. The first-order chi connectivity index (χ1) is 9.43. The zero-order valence-corrected chi connectivity index (χ0v) is 13.2. The first-order valence-electron chi connectivity index (χ1n) is 8.40. The molecule has 0 aromatic carbocycles. The van der Waals surface area contributed by atoms with Gasteiger partial charge in [-0.15, -0.1) is 0 Å². The molecule has 3 heteroatoms. The topological polar surface area (TPSA) is 38.3 Å². The van der Waals surface area contributed by atoms with Gasteiger partial charge in [0.2, 0.25) is 0 Å². The van der Waals surface area contributed by atoms with Gasteiger partial charge < -0.3 is 10.1 Å². The Kier molecular flexibility index (Phi) is 3.50. The fourth-order valence-electron chi connectivity index (χ4n) is 4.89. The van der Waals surface area contributed by atoms with E-state index >= 15 is 0 Å². The van der Waals surface area contributed by atoms with Crippen molar-refractivity contribution in [3.63, 3.8) is 0 Å². The van der Waals surface area contributed by atoms with Crippen molar-refractivity contribution in [3.8, 4) is 0 Å². The summed E-state index contributed by atoms with van der Waals surface area (Å²) in [6.07, 6.45) is 9.51. The highest BCUT2D eigenvalue weighted by atomic mass is 16.6. The minimum Gasteiger partial charge on any atom is -0.446 e. The van der Waals surface area contributed by atoms with Crippen LogP contribution in [-0.2, 0) is 4.74 Å². The van der Waals surface area contributed by atoms with Crippen LogP contribution in [0.15, 0.2) is 0 Å². The van der Waals surface area contributed by atoms with Crippen molar-refractivity contribution in [2.75, 3.05) is 0 Å². The standard InChI is InChI=1S/C17H29NO2/c1-16(2)12-9-10-17(16,3)14(11-12)20-15(19)18-13-7-5-4-6-8-13/h12-14H,4-11H2,1-3H3,(H,18,19)/t12-,14+,17-/m0/s1. The van der Waals surface area contributed by atoms with Gasteiger partial charge in [-0.05, 0) is 43.4 Å². The molecule has 1 amide bonds. The zero-order chi connectivity index (χ0) is 14.4. The Morgan fingerprint density at radius 1 is 1.10 bits per heavy atom. The van der Waals surface area contributed by atoms with Crippen molar-refractivity contribution >= 4 is 6.09 Å². The fraction of sp³-hybridized carbons (Fsp3) is 0.941. The van der Waals surface area contributed by atoms with Crippen LogP contribution < -0.4 is 5.32 Å². The monoisotopic (exact) mass is 279 g/mol. The van der Waals surface area contributed by atoms with E-state index in [0.717, 1.165) is 25.2 Å². The lowest BCUT2D eigenvalue weighted by atomic mass is 9.70. The van der Waals surface area contributed by atoms with Crippen molar-refractivity contribution in [2.24, 2.45) is 16.7 Å². The van der Waals surface area contributed by atoms with E-state index in [1.165, 1.54) is 32.1 Å². The summed E-state index contributed by atoms with van der Waals surface area (Å²) in [6, 6.07) is 0.343. The van der Waals surface area contributed by atoms with Crippen LogP contribution in [0.5, 0.6) is 0 Å². The number of hydrogen-bond acceptors (Lipinski definition) is 2. The van der Waals surface area contributed by atoms with Crippen molar-refractivity contribution in [1.82, 2.24) is 5.32 Å². The molecule has 20 heavy (non-hydrogen) atoms. The van der Waals surface area contributed by atoms with Crippen LogP contribution in [0.25, 0.3) is 0 Å². The smallest absolute Gasteiger partial charge is 0.407 e. The number of carbonyl (C=O) groups is 1. The van der Waals surface area contributed by atoms with E-state index in [-0.39, 0.29) is 17.6 Å². The summed E-state index contributed by atoms with van der Waals surface area (Å²) < 4.78 is 5.84. The third-order valence-electron chi connectivity index (χ3n) is 6.89. The molecule has 0 aromatic rings. The van der Waals surface area contributed by atoms with Crippen LogP contribution in [0.1, 0.15) is 72.1 Å². The number of hydrogen-bond donors (Lipinski definition) is 1. The molecule has 0 aliphatic heterocycles. The third kappa shape index (κ3) is 2.14. The van der Waals surface area contributed by atoms with Gasteiger partial charge in [-0.25, -0.2) is 4.79 Å². The van der Waals surface area contributed by atoms with E-state index < -0.39 is 0 Å². The van der Waals surface area contributed by atoms with E-state index in [1.807, 2.05) is 0 Å². The summed E-state index contributed by atoms with van der Waals surface area (Å²) in [5.74, 6) is 0.722. The maximum Gasteiger partial charge on any atom is 0.407 e. The lowest BCUT2D eigenvalue weighted by molar-refractivity contribution is -0.00567. The third-order valence-corrected chi connectivity index (χ3v) is 6.89. The highest BCUT2D eigenvalue weighted by molar-refractivity contribution is 5.68. The molecule has 0 heterocycles. The molecule has 0 saturated heterocycles. The lowest BCUT2D eigenvalue weighted by Crippen LogP contribution is -2.43. The highest BCUT2D eigenvalue weighted by Gasteiger charge is 2.62. The van der Waals surface area contributed by atoms with Crippen molar-refractivity contribution in [3.05, 3.63) is 0 Å². The molecule has 2 bridgehead atoms. The Hall–Kier alpha value is -0.730. The Morgan fingerprint density at radius 2 is 1.80 bits per heavy atom. The van der Waals surface area contributed by atoms with Gasteiger partial charge in [-0.2, -0.15) is 0 Å². The molecule has 3 fully saturated rings. The Bertz CT molecular complexity index is 386. The Morgan fingerprint density at radius 3 is 2.35 bits per heavy atom. The molecule has 0 unspecified atom stereocenters. The molecule has 3 saturated carbocycles. The van der Waals surface area contributed by atoms with Gasteiger partial charge in [-0.3, -0.25) is 0 Å². The van der Waals surface area contributed by atoms with E-state index in [0.29, 0.717) is 11.5 Å². The highest BCUT2D eigenvalue weighted by Crippen LogP contribution is 2.66. The summed E-state index contributed by atoms with van der Waals surface area (Å²) in [5.41, 5.74) is 0.477. The van der Waals surface area contributed by atoms with E-state index in [9.17, 15) is 4.79 Å². The number of rotatable bonds is 2. The minimum atomic E-state index is -0.175. The summed E-state index contributed by atoms with van der Waals surface area (Å²) in [5, 5.41) is 3.09. The van der Waals surface area contributed by atoms with Crippen LogP contribution in [0.3, 0.4) is 0 Å². The summed E-state index contributed by atoms with van der Waals surface area (Å²) in [6.45, 7) is 7.03. The molecule has 3 aliphatic carbocycles. The van der Waals surface area contributed by atoms with Crippen LogP contribution in [0.4, 0.5) is 4.79 Å². The van der Waals surface area contributed by atoms with E-state index in [1.54, 1.807) is 0 Å². The maximum atomic E-state index is 12.2. The van der Waals surface area contributed by atoms with Crippen molar-refractivity contribution in [2.45, 2.75) is 84.3 Å². The van der Waals surface area contributed by atoms with E-state index in [2.05, 4.69) is 26.1 Å². The number of alkyl carbamates (subject to hydrolysis) is 1. The number of amides is 1. The van der Waals surface area contributed by atoms with E-state index in [4.69, 9.17) is 4.74 Å². The largest absolute Gasteiger partial charge is 0.446 e. The summed E-state index contributed by atoms with van der Waals surface area (Å²) >= 11 is 0. The molecular formula is C17H29NO2. The van der Waals surface area contributed by atoms with Gasteiger partial charge >= 0.3 is 6.09 Å². The van der Waals surface area contributed by atoms with Crippen molar-refractivity contribution in [1.29, 1.82) is 0 Å². The van der Waals surface area contributed by atoms with Crippen LogP contribution in [0, 0.1) is 16.7 Å². The minimum absolute atomic E-state index is 0.111. The first kappa shape index (κ1) is 14.2. The van der Waals surface area contributed by atoms with Crippen LogP contribution in [-0.4, -0.2) is 18.2 Å². The lowest BCUT2D eigenvalue weighted by Gasteiger charge is -2.38. The normalized spacial score (nSPS) is 39.8. The predicted octanol–water partition coefficient (Wildman–Crippen LogP) is 4.26.